The van der Waals surface area contributed by atoms with Crippen LogP contribution in [0.3, 0.4) is 0 Å². The fraction of sp³-hybridized carbons (Fsp3) is 1.00. The van der Waals surface area contributed by atoms with Gasteiger partial charge in [0.25, 0.3) is 0 Å². The molecular weight excluding hydrogens is 129 g/mol. The zero-order valence-electron chi connectivity index (χ0n) is 6.45. The normalized spacial score (nSPS) is 47.9. The van der Waals surface area contributed by atoms with E-state index in [9.17, 15) is 0 Å². The third-order valence-electron chi connectivity index (χ3n) is 2.35. The molecule has 1 rings (SSSR count). The first-order valence-electron chi connectivity index (χ1n) is 3.68. The van der Waals surface area contributed by atoms with Gasteiger partial charge in [0, 0.05) is 12.0 Å². The number of ether oxygens (including phenoxy) is 1. The van der Waals surface area contributed by atoms with Crippen LogP contribution in [0.25, 0.3) is 0 Å². The van der Waals surface area contributed by atoms with Gasteiger partial charge in [0.1, 0.15) is 7.85 Å². The summed E-state index contributed by atoms with van der Waals surface area (Å²) in [6, 6.07) is 0.187. The molecule has 10 heavy (non-hydrogen) atoms. The van der Waals surface area contributed by atoms with Crippen molar-refractivity contribution in [2.75, 3.05) is 6.61 Å². The van der Waals surface area contributed by atoms with E-state index in [-0.39, 0.29) is 24.8 Å². The highest BCUT2D eigenvalue weighted by Crippen LogP contribution is 2.22. The van der Waals surface area contributed by atoms with Gasteiger partial charge in [-0.2, -0.15) is 0 Å². The van der Waals surface area contributed by atoms with E-state index >= 15 is 0 Å². The summed E-state index contributed by atoms with van der Waals surface area (Å²) in [4.78, 5) is 0. The van der Waals surface area contributed by atoms with Gasteiger partial charge in [0.2, 0.25) is 0 Å². The SMILES string of the molecule is B[C@@H]1O[C@H](CO)C(N)[C@@H]1C. The average molecular weight is 143 g/mol. The minimum absolute atomic E-state index is 0.000000000000000444. The molecule has 4 atom stereocenters. The highest BCUT2D eigenvalue weighted by Gasteiger charge is 2.35. The molecule has 1 aliphatic heterocycles. The van der Waals surface area contributed by atoms with E-state index in [4.69, 9.17) is 15.6 Å². The van der Waals surface area contributed by atoms with E-state index in [0.717, 1.165) is 0 Å². The van der Waals surface area contributed by atoms with Crippen LogP contribution in [0, 0.1) is 5.92 Å². The Hall–Kier alpha value is -0.0551. The summed E-state index contributed by atoms with van der Waals surface area (Å²) in [7, 11) is 1.99. The van der Waals surface area contributed by atoms with Crippen molar-refractivity contribution in [1.29, 1.82) is 0 Å². The number of nitrogens with two attached hydrogens (primary N) is 1. The first kappa shape index (κ1) is 8.05. The van der Waals surface area contributed by atoms with Crippen molar-refractivity contribution in [2.45, 2.75) is 25.1 Å². The molecule has 1 fully saturated rings. The molecule has 0 saturated carbocycles. The number of hydrogen-bond acceptors (Lipinski definition) is 3. The van der Waals surface area contributed by atoms with E-state index in [1.54, 1.807) is 0 Å². The number of hydrogen-bond donors (Lipinski definition) is 2. The highest BCUT2D eigenvalue weighted by molar-refractivity contribution is 6.11. The van der Waals surface area contributed by atoms with Gasteiger partial charge in [-0.15, -0.1) is 0 Å². The number of rotatable bonds is 1. The number of aliphatic hydroxyl groups is 1. The van der Waals surface area contributed by atoms with Crippen LogP contribution in [0.2, 0.25) is 0 Å². The Morgan fingerprint density at radius 3 is 2.50 bits per heavy atom. The van der Waals surface area contributed by atoms with Gasteiger partial charge < -0.3 is 15.6 Å². The Morgan fingerprint density at radius 2 is 2.30 bits per heavy atom. The lowest BCUT2D eigenvalue weighted by molar-refractivity contribution is 0.0360. The Balaban J connectivity index is 2.53. The van der Waals surface area contributed by atoms with Crippen molar-refractivity contribution in [3.63, 3.8) is 0 Å². The van der Waals surface area contributed by atoms with Crippen LogP contribution < -0.4 is 5.73 Å². The maximum absolute atomic E-state index is 8.77. The number of aliphatic hydroxyl groups excluding tert-OH is 1. The molecule has 0 aromatic rings. The van der Waals surface area contributed by atoms with Gasteiger partial charge in [0.05, 0.1) is 12.7 Å². The Morgan fingerprint density at radius 1 is 1.70 bits per heavy atom. The third kappa shape index (κ3) is 1.19. The van der Waals surface area contributed by atoms with Gasteiger partial charge in [-0.25, -0.2) is 0 Å². The summed E-state index contributed by atoms with van der Waals surface area (Å²) in [6.45, 7) is 2.08. The molecule has 0 amide bonds. The second-order valence-electron chi connectivity index (χ2n) is 3.00. The zero-order chi connectivity index (χ0) is 7.72. The van der Waals surface area contributed by atoms with Gasteiger partial charge in [-0.1, -0.05) is 6.92 Å². The minimum Gasteiger partial charge on any atom is -0.394 e. The fourth-order valence-electron chi connectivity index (χ4n) is 1.31. The second kappa shape index (κ2) is 2.90. The van der Waals surface area contributed by atoms with Crippen LogP contribution in [-0.4, -0.2) is 37.7 Å². The standard InChI is InChI=1S/C6H14BNO2/c1-3-5(8)4(2-9)10-6(3)7/h3-6,9H,2,7-8H2,1H3/t3-,4+,5?,6+/m0/s1. The largest absolute Gasteiger partial charge is 0.394 e. The van der Waals surface area contributed by atoms with Crippen molar-refractivity contribution < 1.29 is 9.84 Å². The molecule has 0 radical (unpaired) electrons. The first-order chi connectivity index (χ1) is 4.66. The molecular formula is C6H14BNO2. The zero-order valence-corrected chi connectivity index (χ0v) is 6.45. The van der Waals surface area contributed by atoms with Crippen LogP contribution >= 0.6 is 0 Å². The maximum Gasteiger partial charge on any atom is 0.139 e. The predicted molar refractivity (Wildman–Crippen MR) is 41.4 cm³/mol. The summed E-state index contributed by atoms with van der Waals surface area (Å²) in [5.74, 6) is 0.358. The molecule has 0 bridgehead atoms. The Labute approximate surface area is 62.0 Å². The lowest BCUT2D eigenvalue weighted by atomic mass is 9.85. The third-order valence-corrected chi connectivity index (χ3v) is 2.35. The van der Waals surface area contributed by atoms with Crippen molar-refractivity contribution >= 4 is 7.85 Å². The van der Waals surface area contributed by atoms with E-state index in [2.05, 4.69) is 0 Å². The van der Waals surface area contributed by atoms with Crippen molar-refractivity contribution in [3.05, 3.63) is 0 Å². The van der Waals surface area contributed by atoms with Gasteiger partial charge >= 0.3 is 0 Å². The molecule has 1 aliphatic rings. The fourth-order valence-corrected chi connectivity index (χ4v) is 1.31. The molecule has 1 saturated heterocycles. The predicted octanol–water partition coefficient (Wildman–Crippen LogP) is -1.70. The van der Waals surface area contributed by atoms with Gasteiger partial charge in [-0.3, -0.25) is 0 Å². The minimum atomic E-state index is -0.148. The van der Waals surface area contributed by atoms with Gasteiger partial charge in [-0.05, 0) is 5.92 Å². The van der Waals surface area contributed by atoms with Crippen molar-refractivity contribution in [1.82, 2.24) is 0 Å². The van der Waals surface area contributed by atoms with E-state index in [1.807, 2.05) is 14.8 Å². The van der Waals surface area contributed by atoms with Crippen molar-refractivity contribution in [2.24, 2.45) is 11.7 Å². The lowest BCUT2D eigenvalue weighted by Gasteiger charge is -2.12. The van der Waals surface area contributed by atoms with Crippen LogP contribution in [0.4, 0.5) is 0 Å². The van der Waals surface area contributed by atoms with Crippen LogP contribution in [0.15, 0.2) is 0 Å². The second-order valence-corrected chi connectivity index (χ2v) is 3.00. The van der Waals surface area contributed by atoms with E-state index in [1.165, 1.54) is 0 Å². The summed E-state index contributed by atoms with van der Waals surface area (Å²) in [5, 5.41) is 8.77. The Bertz CT molecular complexity index is 122. The average Bonchev–Trinajstić information content (AvgIpc) is 2.17. The molecule has 3 N–H and O–H groups in total. The highest BCUT2D eigenvalue weighted by atomic mass is 16.5. The quantitative estimate of drug-likeness (QED) is 0.430. The van der Waals surface area contributed by atoms with Crippen molar-refractivity contribution in [3.8, 4) is 0 Å². The summed E-state index contributed by atoms with van der Waals surface area (Å²) >= 11 is 0. The van der Waals surface area contributed by atoms with E-state index < -0.39 is 0 Å². The monoisotopic (exact) mass is 143 g/mol. The van der Waals surface area contributed by atoms with Crippen LogP contribution in [0.5, 0.6) is 0 Å². The van der Waals surface area contributed by atoms with Gasteiger partial charge in [0.15, 0.2) is 0 Å². The molecule has 1 heterocycles. The lowest BCUT2D eigenvalue weighted by Crippen LogP contribution is -2.37. The van der Waals surface area contributed by atoms with Crippen LogP contribution in [-0.2, 0) is 4.74 Å². The first-order valence-corrected chi connectivity index (χ1v) is 3.68. The molecule has 4 heteroatoms. The van der Waals surface area contributed by atoms with Crippen LogP contribution in [0.1, 0.15) is 6.92 Å². The molecule has 0 aromatic heterocycles. The Kier molecular flexibility index (Phi) is 2.34. The molecule has 3 nitrogen and oxygen atoms in total. The molecule has 58 valence electrons. The topological polar surface area (TPSA) is 55.5 Å². The van der Waals surface area contributed by atoms with E-state index in [0.29, 0.717) is 5.92 Å². The molecule has 0 spiro atoms. The summed E-state index contributed by atoms with van der Waals surface area (Å²) < 4.78 is 5.36. The molecule has 0 aromatic carbocycles. The summed E-state index contributed by atoms with van der Waals surface area (Å²) in [5.41, 5.74) is 5.74. The molecule has 1 unspecified atom stereocenters. The smallest absolute Gasteiger partial charge is 0.139 e. The maximum atomic E-state index is 8.77. The molecule has 0 aliphatic carbocycles. The summed E-state index contributed by atoms with van der Waals surface area (Å²) in [6.07, 6.45) is -0.148.